The van der Waals surface area contributed by atoms with Gasteiger partial charge in [-0.25, -0.2) is 9.78 Å². The lowest BCUT2D eigenvalue weighted by Gasteiger charge is -2.31. The molecule has 5 heterocycles. The molecule has 0 unspecified atom stereocenters. The van der Waals surface area contributed by atoms with Crippen LogP contribution in [0.3, 0.4) is 0 Å². The summed E-state index contributed by atoms with van der Waals surface area (Å²) in [6.45, 7) is 3.30. The molecule has 8 heteroatoms. The molecule has 162 valence electrons. The first-order valence-corrected chi connectivity index (χ1v) is 11.0. The highest BCUT2D eigenvalue weighted by molar-refractivity contribution is 5.94. The summed E-state index contributed by atoms with van der Waals surface area (Å²) in [5.74, 6) is 2.38. The molecule has 2 aromatic rings. The number of aromatic nitrogens is 1. The zero-order valence-electron chi connectivity index (χ0n) is 17.2. The molecule has 8 nitrogen and oxygen atoms in total. The molecule has 1 aromatic heterocycles. The zero-order valence-corrected chi connectivity index (χ0v) is 17.2. The van der Waals surface area contributed by atoms with Crippen LogP contribution in [0, 0.1) is 5.92 Å². The van der Waals surface area contributed by atoms with Crippen LogP contribution in [0.2, 0.25) is 0 Å². The molecule has 3 saturated heterocycles. The van der Waals surface area contributed by atoms with Crippen molar-refractivity contribution in [2.45, 2.75) is 31.0 Å². The lowest BCUT2D eigenvalue weighted by atomic mass is 9.94. The van der Waals surface area contributed by atoms with Gasteiger partial charge in [0.25, 0.3) is 0 Å². The van der Waals surface area contributed by atoms with Gasteiger partial charge < -0.3 is 24.8 Å². The number of cyclic esters (lactones) is 1. The van der Waals surface area contributed by atoms with Gasteiger partial charge in [0.1, 0.15) is 24.2 Å². The average molecular weight is 422 g/mol. The molecule has 31 heavy (non-hydrogen) atoms. The van der Waals surface area contributed by atoms with Crippen LogP contribution in [0.25, 0.3) is 11.1 Å². The van der Waals surface area contributed by atoms with Crippen molar-refractivity contribution in [1.29, 1.82) is 0 Å². The standard InChI is InChI=1S/C23H26N4O4/c28-12-21-19-13-30-20-8-14(3-5-18(20)27(19)23(29)31-21)15-4-6-22(25-9-15)26-10-16-2-1-7-24-17(16)11-26/h3-6,8-9,16-17,19,21,24,28H,1-2,7,10-13H2/t16-,17+,19-,21-/m0/s1. The number of hydrogen-bond acceptors (Lipinski definition) is 7. The van der Waals surface area contributed by atoms with E-state index in [4.69, 9.17) is 14.5 Å². The second-order valence-corrected chi connectivity index (χ2v) is 8.81. The number of aliphatic hydroxyl groups excluding tert-OH is 1. The van der Waals surface area contributed by atoms with Crippen LogP contribution >= 0.6 is 0 Å². The van der Waals surface area contributed by atoms with Crippen molar-refractivity contribution in [3.63, 3.8) is 0 Å². The molecule has 1 aromatic carbocycles. The Bertz CT molecular complexity index is 984. The van der Waals surface area contributed by atoms with E-state index >= 15 is 0 Å². The van der Waals surface area contributed by atoms with Crippen LogP contribution in [-0.4, -0.2) is 67.2 Å². The fraction of sp³-hybridized carbons (Fsp3) is 0.478. The van der Waals surface area contributed by atoms with Gasteiger partial charge in [-0.2, -0.15) is 0 Å². The highest BCUT2D eigenvalue weighted by atomic mass is 16.6. The number of anilines is 2. The molecular weight excluding hydrogens is 396 g/mol. The van der Waals surface area contributed by atoms with Crippen LogP contribution in [0.1, 0.15) is 12.8 Å². The second kappa shape index (κ2) is 7.39. The molecule has 2 N–H and O–H groups in total. The van der Waals surface area contributed by atoms with Gasteiger partial charge in [0.15, 0.2) is 6.10 Å². The van der Waals surface area contributed by atoms with Crippen molar-refractivity contribution in [3.05, 3.63) is 36.5 Å². The van der Waals surface area contributed by atoms with Crippen molar-refractivity contribution >= 4 is 17.6 Å². The summed E-state index contributed by atoms with van der Waals surface area (Å²) in [6.07, 6.45) is 3.48. The molecule has 4 aliphatic rings. The smallest absolute Gasteiger partial charge is 0.415 e. The largest absolute Gasteiger partial charge is 0.489 e. The van der Waals surface area contributed by atoms with Crippen LogP contribution in [0.4, 0.5) is 16.3 Å². The zero-order chi connectivity index (χ0) is 20.9. The molecule has 0 saturated carbocycles. The fourth-order valence-electron chi connectivity index (χ4n) is 5.35. The van der Waals surface area contributed by atoms with E-state index in [1.807, 2.05) is 24.4 Å². The minimum absolute atomic E-state index is 0.212. The van der Waals surface area contributed by atoms with E-state index in [1.54, 1.807) is 4.90 Å². The van der Waals surface area contributed by atoms with E-state index < -0.39 is 12.2 Å². The third-order valence-corrected chi connectivity index (χ3v) is 7.02. The highest BCUT2D eigenvalue weighted by Gasteiger charge is 2.46. The van der Waals surface area contributed by atoms with Crippen LogP contribution in [-0.2, 0) is 4.74 Å². The summed E-state index contributed by atoms with van der Waals surface area (Å²) in [5, 5.41) is 13.1. The Kier molecular flexibility index (Phi) is 4.50. The van der Waals surface area contributed by atoms with Crippen molar-refractivity contribution in [2.24, 2.45) is 5.92 Å². The third kappa shape index (κ3) is 3.13. The van der Waals surface area contributed by atoms with Gasteiger partial charge in [0, 0.05) is 30.9 Å². The Balaban J connectivity index is 1.22. The van der Waals surface area contributed by atoms with Gasteiger partial charge in [-0.1, -0.05) is 6.07 Å². The number of carbonyl (C=O) groups is 1. The quantitative estimate of drug-likeness (QED) is 0.783. The summed E-state index contributed by atoms with van der Waals surface area (Å²) in [4.78, 5) is 21.0. The summed E-state index contributed by atoms with van der Waals surface area (Å²) in [7, 11) is 0. The van der Waals surface area contributed by atoms with Crippen molar-refractivity contribution in [2.75, 3.05) is 42.6 Å². The number of carbonyl (C=O) groups excluding carboxylic acids is 1. The Hall–Kier alpha value is -2.84. The van der Waals surface area contributed by atoms with E-state index in [2.05, 4.69) is 22.3 Å². The van der Waals surface area contributed by atoms with Crippen LogP contribution in [0.5, 0.6) is 5.75 Å². The van der Waals surface area contributed by atoms with Gasteiger partial charge in [0.2, 0.25) is 0 Å². The molecule has 6 rings (SSSR count). The molecule has 3 fully saturated rings. The van der Waals surface area contributed by atoms with E-state index in [0.717, 1.165) is 42.5 Å². The number of ether oxygens (including phenoxy) is 2. The van der Waals surface area contributed by atoms with E-state index in [-0.39, 0.29) is 12.6 Å². The summed E-state index contributed by atoms with van der Waals surface area (Å²) >= 11 is 0. The maximum atomic E-state index is 12.3. The fourth-order valence-corrected chi connectivity index (χ4v) is 5.35. The van der Waals surface area contributed by atoms with E-state index in [0.29, 0.717) is 24.1 Å². The number of hydrogen-bond donors (Lipinski definition) is 2. The lowest BCUT2D eigenvalue weighted by Crippen LogP contribution is -2.45. The van der Waals surface area contributed by atoms with E-state index in [9.17, 15) is 9.90 Å². The predicted molar refractivity (Wildman–Crippen MR) is 116 cm³/mol. The number of amides is 1. The Morgan fingerprint density at radius 2 is 2.10 bits per heavy atom. The summed E-state index contributed by atoms with van der Waals surface area (Å²) in [5.41, 5.74) is 2.67. The Morgan fingerprint density at radius 1 is 1.19 bits per heavy atom. The average Bonchev–Trinajstić information content (AvgIpc) is 3.40. The maximum Gasteiger partial charge on any atom is 0.415 e. The summed E-state index contributed by atoms with van der Waals surface area (Å²) in [6, 6.07) is 10.3. The Morgan fingerprint density at radius 3 is 2.90 bits per heavy atom. The van der Waals surface area contributed by atoms with Gasteiger partial charge in [0.05, 0.1) is 12.3 Å². The molecule has 0 radical (unpaired) electrons. The second-order valence-electron chi connectivity index (χ2n) is 8.81. The minimum atomic E-state index is -0.554. The molecule has 4 atom stereocenters. The first-order valence-electron chi connectivity index (χ1n) is 11.0. The molecule has 4 aliphatic heterocycles. The Labute approximate surface area is 180 Å². The number of fused-ring (bicyclic) bond motifs is 4. The number of nitrogens with zero attached hydrogens (tertiary/aromatic N) is 3. The number of nitrogens with one attached hydrogen (secondary N) is 1. The highest BCUT2D eigenvalue weighted by Crippen LogP contribution is 2.41. The van der Waals surface area contributed by atoms with Crippen molar-refractivity contribution in [1.82, 2.24) is 10.3 Å². The number of rotatable bonds is 3. The van der Waals surface area contributed by atoms with Gasteiger partial charge >= 0.3 is 6.09 Å². The minimum Gasteiger partial charge on any atom is -0.489 e. The molecule has 0 aliphatic carbocycles. The molecule has 1 amide bonds. The normalized spacial score (nSPS) is 29.1. The van der Waals surface area contributed by atoms with Crippen molar-refractivity contribution in [3.8, 4) is 16.9 Å². The topological polar surface area (TPSA) is 87.2 Å². The lowest BCUT2D eigenvalue weighted by molar-refractivity contribution is 0.0734. The van der Waals surface area contributed by atoms with Gasteiger partial charge in [-0.05, 0) is 55.1 Å². The van der Waals surface area contributed by atoms with Gasteiger partial charge in [-0.15, -0.1) is 0 Å². The first kappa shape index (κ1) is 18.9. The predicted octanol–water partition coefficient (Wildman–Crippen LogP) is 2.02. The molecule has 0 bridgehead atoms. The third-order valence-electron chi connectivity index (χ3n) is 7.02. The molecular formula is C23H26N4O4. The number of pyridine rings is 1. The maximum absolute atomic E-state index is 12.3. The summed E-state index contributed by atoms with van der Waals surface area (Å²) < 4.78 is 11.2. The monoisotopic (exact) mass is 422 g/mol. The SMILES string of the molecule is O=C1O[C@@H](CO)[C@@H]2COc3cc(-c4ccc(N5C[C@@H]6CCCN[C@@H]6C5)nc4)ccc3N12. The van der Waals surface area contributed by atoms with E-state index in [1.165, 1.54) is 12.8 Å². The number of aliphatic hydroxyl groups is 1. The number of benzene rings is 1. The molecule has 0 spiro atoms. The number of piperidine rings is 1. The van der Waals surface area contributed by atoms with Crippen LogP contribution < -0.4 is 19.9 Å². The van der Waals surface area contributed by atoms with Gasteiger partial charge in [-0.3, -0.25) is 4.90 Å². The first-order chi connectivity index (χ1) is 15.2. The van der Waals surface area contributed by atoms with Crippen molar-refractivity contribution < 1.29 is 19.4 Å². The van der Waals surface area contributed by atoms with Crippen LogP contribution in [0.15, 0.2) is 36.5 Å².